The Labute approximate surface area is 120 Å². The van der Waals surface area contributed by atoms with Crippen LogP contribution in [0.5, 0.6) is 0 Å². The number of rotatable bonds is 6. The molecule has 2 unspecified atom stereocenters. The Morgan fingerprint density at radius 3 is 2.90 bits per heavy atom. The van der Waals surface area contributed by atoms with Gasteiger partial charge in [0.05, 0.1) is 17.4 Å². The number of hydrogen-bond donors (Lipinski definition) is 2. The first kappa shape index (κ1) is 14.9. The molecule has 20 heavy (non-hydrogen) atoms. The van der Waals surface area contributed by atoms with Crippen LogP contribution in [0.4, 0.5) is 0 Å². The summed E-state index contributed by atoms with van der Waals surface area (Å²) in [6, 6.07) is 7.51. The van der Waals surface area contributed by atoms with E-state index in [1.54, 1.807) is 12.3 Å². The van der Waals surface area contributed by atoms with Crippen LogP contribution in [0.25, 0.3) is 10.9 Å². The Bertz CT molecular complexity index is 669. The van der Waals surface area contributed by atoms with E-state index in [1.807, 2.05) is 25.1 Å². The average Bonchev–Trinajstić information content (AvgIpc) is 2.43. The Balaban J connectivity index is 2.03. The summed E-state index contributed by atoms with van der Waals surface area (Å²) in [6.45, 7) is 2.53. The van der Waals surface area contributed by atoms with Gasteiger partial charge in [0.25, 0.3) is 5.56 Å². The van der Waals surface area contributed by atoms with Gasteiger partial charge < -0.3 is 10.3 Å². The molecule has 0 spiro atoms. The molecule has 1 aromatic carbocycles. The van der Waals surface area contributed by atoms with E-state index >= 15 is 0 Å². The van der Waals surface area contributed by atoms with E-state index in [1.165, 1.54) is 0 Å². The Morgan fingerprint density at radius 2 is 2.15 bits per heavy atom. The lowest BCUT2D eigenvalue weighted by atomic mass is 10.2. The van der Waals surface area contributed by atoms with Crippen LogP contribution in [-0.2, 0) is 17.3 Å². The summed E-state index contributed by atoms with van der Waals surface area (Å²) in [4.78, 5) is 19.1. The van der Waals surface area contributed by atoms with E-state index in [4.69, 9.17) is 0 Å². The largest absolute Gasteiger partial charge is 0.309 e. The van der Waals surface area contributed by atoms with Crippen LogP contribution in [-0.4, -0.2) is 32.2 Å². The molecule has 5 nitrogen and oxygen atoms in total. The minimum atomic E-state index is -0.770. The minimum absolute atomic E-state index is 0.116. The highest BCUT2D eigenvalue weighted by Crippen LogP contribution is 2.05. The zero-order valence-electron chi connectivity index (χ0n) is 11.7. The maximum Gasteiger partial charge on any atom is 0.258 e. The van der Waals surface area contributed by atoms with E-state index in [0.717, 1.165) is 6.42 Å². The van der Waals surface area contributed by atoms with Gasteiger partial charge in [-0.1, -0.05) is 12.1 Å². The van der Waals surface area contributed by atoms with Crippen molar-refractivity contribution in [1.29, 1.82) is 0 Å². The van der Waals surface area contributed by atoms with Crippen LogP contribution in [0.3, 0.4) is 0 Å². The summed E-state index contributed by atoms with van der Waals surface area (Å²) in [5, 5.41) is 3.88. The van der Waals surface area contributed by atoms with E-state index in [0.29, 0.717) is 29.0 Å². The molecule has 0 aliphatic heterocycles. The van der Waals surface area contributed by atoms with Gasteiger partial charge in [-0.3, -0.25) is 9.00 Å². The lowest BCUT2D eigenvalue weighted by Gasteiger charge is -2.12. The van der Waals surface area contributed by atoms with Crippen LogP contribution >= 0.6 is 0 Å². The molecule has 1 aromatic heterocycles. The normalized spacial score (nSPS) is 14.3. The number of aromatic nitrogens is 2. The molecule has 2 rings (SSSR count). The fourth-order valence-corrected chi connectivity index (χ4v) is 2.62. The van der Waals surface area contributed by atoms with Gasteiger partial charge in [0.15, 0.2) is 0 Å². The molecular formula is C14H19N3O2S. The monoisotopic (exact) mass is 293 g/mol. The molecule has 0 saturated heterocycles. The fraction of sp³-hybridized carbons (Fsp3) is 0.429. The highest BCUT2D eigenvalue weighted by molar-refractivity contribution is 7.84. The SMILES string of the molecule is CC(CCS(C)=O)NCc1nc2ccccc2c(=O)[nH]1. The van der Waals surface area contributed by atoms with Gasteiger partial charge in [0.2, 0.25) is 0 Å². The van der Waals surface area contributed by atoms with Crippen molar-refractivity contribution in [3.63, 3.8) is 0 Å². The van der Waals surface area contributed by atoms with Gasteiger partial charge >= 0.3 is 0 Å². The van der Waals surface area contributed by atoms with Gasteiger partial charge in [-0.05, 0) is 25.5 Å². The zero-order chi connectivity index (χ0) is 14.5. The van der Waals surface area contributed by atoms with Crippen molar-refractivity contribution >= 4 is 21.7 Å². The second-order valence-corrected chi connectivity index (χ2v) is 6.43. The summed E-state index contributed by atoms with van der Waals surface area (Å²) < 4.78 is 11.0. The van der Waals surface area contributed by atoms with Crippen LogP contribution in [0, 0.1) is 0 Å². The number of nitrogens with zero attached hydrogens (tertiary/aromatic N) is 1. The standard InChI is InChI=1S/C14H19N3O2S/c1-10(7-8-20(2)19)15-9-13-16-12-6-4-3-5-11(12)14(18)17-13/h3-6,10,15H,7-9H2,1-2H3,(H,16,17,18). The van der Waals surface area contributed by atoms with Gasteiger partial charge in [-0.2, -0.15) is 0 Å². The van der Waals surface area contributed by atoms with Gasteiger partial charge in [0, 0.05) is 28.9 Å². The first-order chi connectivity index (χ1) is 9.56. The van der Waals surface area contributed by atoms with E-state index in [-0.39, 0.29) is 11.6 Å². The summed E-state index contributed by atoms with van der Waals surface area (Å²) >= 11 is 0. The smallest absolute Gasteiger partial charge is 0.258 e. The predicted molar refractivity (Wildman–Crippen MR) is 82.2 cm³/mol. The van der Waals surface area contributed by atoms with Crippen molar-refractivity contribution in [2.45, 2.75) is 25.9 Å². The molecule has 0 bridgehead atoms. The molecule has 0 aliphatic carbocycles. The van der Waals surface area contributed by atoms with Crippen LogP contribution in [0.2, 0.25) is 0 Å². The second-order valence-electron chi connectivity index (χ2n) is 4.88. The number of fused-ring (bicyclic) bond motifs is 1. The predicted octanol–water partition coefficient (Wildman–Crippen LogP) is 1.17. The summed E-state index contributed by atoms with van der Waals surface area (Å²) in [5.41, 5.74) is 0.588. The zero-order valence-corrected chi connectivity index (χ0v) is 12.5. The number of para-hydroxylation sites is 1. The molecule has 0 aliphatic rings. The third-order valence-electron chi connectivity index (χ3n) is 3.12. The molecular weight excluding hydrogens is 274 g/mol. The third-order valence-corrected chi connectivity index (χ3v) is 3.93. The quantitative estimate of drug-likeness (QED) is 0.838. The van der Waals surface area contributed by atoms with Crippen LogP contribution < -0.4 is 10.9 Å². The van der Waals surface area contributed by atoms with Crippen molar-refractivity contribution in [2.75, 3.05) is 12.0 Å². The van der Waals surface area contributed by atoms with Crippen LogP contribution in [0.15, 0.2) is 29.1 Å². The molecule has 2 N–H and O–H groups in total. The molecule has 6 heteroatoms. The van der Waals surface area contributed by atoms with Gasteiger partial charge in [0.1, 0.15) is 5.82 Å². The second kappa shape index (κ2) is 6.76. The molecule has 0 saturated carbocycles. The fourth-order valence-electron chi connectivity index (χ4n) is 1.93. The molecule has 2 atom stereocenters. The summed E-state index contributed by atoms with van der Waals surface area (Å²) in [7, 11) is -0.770. The Morgan fingerprint density at radius 1 is 1.40 bits per heavy atom. The Kier molecular flexibility index (Phi) is 5.03. The van der Waals surface area contributed by atoms with E-state index in [9.17, 15) is 9.00 Å². The number of hydrogen-bond acceptors (Lipinski definition) is 4. The number of nitrogens with one attached hydrogen (secondary N) is 2. The summed E-state index contributed by atoms with van der Waals surface area (Å²) in [5.74, 6) is 1.30. The molecule has 2 aromatic rings. The molecule has 108 valence electrons. The van der Waals surface area contributed by atoms with E-state index in [2.05, 4.69) is 15.3 Å². The van der Waals surface area contributed by atoms with Gasteiger partial charge in [-0.15, -0.1) is 0 Å². The first-order valence-corrected chi connectivity index (χ1v) is 8.30. The van der Waals surface area contributed by atoms with E-state index < -0.39 is 10.8 Å². The topological polar surface area (TPSA) is 74.8 Å². The average molecular weight is 293 g/mol. The number of aromatic amines is 1. The maximum absolute atomic E-state index is 11.9. The molecule has 0 radical (unpaired) electrons. The number of H-pyrrole nitrogens is 1. The van der Waals surface area contributed by atoms with Crippen molar-refractivity contribution in [2.24, 2.45) is 0 Å². The highest BCUT2D eigenvalue weighted by Gasteiger charge is 2.06. The van der Waals surface area contributed by atoms with Crippen LogP contribution in [0.1, 0.15) is 19.2 Å². The van der Waals surface area contributed by atoms with Crippen molar-refractivity contribution in [3.8, 4) is 0 Å². The lowest BCUT2D eigenvalue weighted by molar-refractivity contribution is 0.524. The highest BCUT2D eigenvalue weighted by atomic mass is 32.2. The Hall–Kier alpha value is -1.53. The molecule has 0 amide bonds. The third kappa shape index (κ3) is 3.98. The molecule has 1 heterocycles. The minimum Gasteiger partial charge on any atom is -0.309 e. The van der Waals surface area contributed by atoms with Gasteiger partial charge in [-0.25, -0.2) is 4.98 Å². The molecule has 0 fully saturated rings. The van der Waals surface area contributed by atoms with Crippen molar-refractivity contribution in [1.82, 2.24) is 15.3 Å². The maximum atomic E-state index is 11.9. The first-order valence-electron chi connectivity index (χ1n) is 6.57. The summed E-state index contributed by atoms with van der Waals surface area (Å²) in [6.07, 6.45) is 2.54. The number of benzene rings is 1. The lowest BCUT2D eigenvalue weighted by Crippen LogP contribution is -2.28. The van der Waals surface area contributed by atoms with Crippen molar-refractivity contribution in [3.05, 3.63) is 40.4 Å². The van der Waals surface area contributed by atoms with Crippen molar-refractivity contribution < 1.29 is 4.21 Å².